The first-order chi connectivity index (χ1) is 3.29. The second-order valence-electron chi connectivity index (χ2n) is 1.72. The third-order valence-corrected chi connectivity index (χ3v) is 0.936. The number of hydrogen-bond donors (Lipinski definition) is 0. The van der Waals surface area contributed by atoms with Crippen LogP contribution in [0.25, 0.3) is 0 Å². The molecule has 0 aromatic rings. The number of allylic oxidation sites excluding steroid dienone is 1. The van der Waals surface area contributed by atoms with Gasteiger partial charge < -0.3 is 4.84 Å². The molecule has 0 atom stereocenters. The molecule has 0 aromatic heterocycles. The van der Waals surface area contributed by atoms with E-state index < -0.39 is 0 Å². The van der Waals surface area contributed by atoms with Gasteiger partial charge in [-0.05, 0) is 13.0 Å². The van der Waals surface area contributed by atoms with Crippen LogP contribution in [0.5, 0.6) is 0 Å². The van der Waals surface area contributed by atoms with Crippen LogP contribution in [-0.4, -0.2) is 18.7 Å². The number of hydroxylamine groups is 2. The molecule has 1 rings (SSSR count). The molecular weight excluding hydrogens is 90.1 g/mol. The molecule has 0 amide bonds. The molecule has 0 radical (unpaired) electrons. The molecule has 2 nitrogen and oxygen atoms in total. The molecule has 1 heterocycles. The van der Waals surface area contributed by atoms with Crippen molar-refractivity contribution in [2.75, 3.05) is 13.6 Å². The molecule has 2 heteroatoms. The van der Waals surface area contributed by atoms with Crippen molar-refractivity contribution in [3.05, 3.63) is 11.8 Å². The maximum absolute atomic E-state index is 5.06. The lowest BCUT2D eigenvalue weighted by molar-refractivity contribution is -0.0656. The fraction of sp³-hybridized carbons (Fsp3) is 0.600. The van der Waals surface area contributed by atoms with Crippen molar-refractivity contribution in [3.8, 4) is 0 Å². The Kier molecular flexibility index (Phi) is 1.02. The van der Waals surface area contributed by atoms with E-state index in [9.17, 15) is 0 Å². The molecule has 0 aromatic carbocycles. The number of likely N-dealkylation sites (N-methyl/N-ethyl adjacent to an activating group) is 1. The summed E-state index contributed by atoms with van der Waals surface area (Å²) in [7, 11) is 1.91. The molecule has 0 saturated heterocycles. The van der Waals surface area contributed by atoms with Crippen molar-refractivity contribution in [2.45, 2.75) is 6.92 Å². The summed E-state index contributed by atoms with van der Waals surface area (Å²) in [5.74, 6) is 1.00. The highest BCUT2D eigenvalue weighted by Gasteiger charge is 2.03. The fourth-order valence-corrected chi connectivity index (χ4v) is 0.577. The molecule has 0 aliphatic carbocycles. The summed E-state index contributed by atoms with van der Waals surface area (Å²) in [5.41, 5.74) is 0. The molecule has 0 fully saturated rings. The first kappa shape index (κ1) is 4.65. The monoisotopic (exact) mass is 99.1 g/mol. The van der Waals surface area contributed by atoms with Gasteiger partial charge in [0.15, 0.2) is 0 Å². The lowest BCUT2D eigenvalue weighted by atomic mass is 10.5. The Bertz CT molecular complexity index is 98.3. The van der Waals surface area contributed by atoms with Crippen LogP contribution in [0.3, 0.4) is 0 Å². The van der Waals surface area contributed by atoms with Gasteiger partial charge in [-0.2, -0.15) is 0 Å². The number of nitrogens with zero attached hydrogens (tertiary/aromatic N) is 1. The van der Waals surface area contributed by atoms with Gasteiger partial charge in [0.2, 0.25) is 0 Å². The van der Waals surface area contributed by atoms with Crippen LogP contribution >= 0.6 is 0 Å². The van der Waals surface area contributed by atoms with Crippen LogP contribution in [0.2, 0.25) is 0 Å². The Morgan fingerprint density at radius 1 is 1.86 bits per heavy atom. The zero-order chi connectivity index (χ0) is 5.28. The van der Waals surface area contributed by atoms with Gasteiger partial charge in [0.25, 0.3) is 0 Å². The van der Waals surface area contributed by atoms with E-state index in [1.807, 2.05) is 20.0 Å². The Morgan fingerprint density at radius 3 is 2.71 bits per heavy atom. The summed E-state index contributed by atoms with van der Waals surface area (Å²) in [6.07, 6.45) is 2.04. The summed E-state index contributed by atoms with van der Waals surface area (Å²) < 4.78 is 0. The van der Waals surface area contributed by atoms with Crippen molar-refractivity contribution >= 4 is 0 Å². The van der Waals surface area contributed by atoms with Crippen LogP contribution in [0, 0.1) is 0 Å². The van der Waals surface area contributed by atoms with Crippen molar-refractivity contribution in [3.63, 3.8) is 0 Å². The molecule has 0 spiro atoms. The maximum atomic E-state index is 5.06. The van der Waals surface area contributed by atoms with Gasteiger partial charge in [0.1, 0.15) is 5.76 Å². The normalized spacial score (nSPS) is 21.7. The quantitative estimate of drug-likeness (QED) is 0.444. The molecular formula is C5H9NO. The van der Waals surface area contributed by atoms with E-state index in [0.717, 1.165) is 12.3 Å². The predicted molar refractivity (Wildman–Crippen MR) is 27.5 cm³/mol. The van der Waals surface area contributed by atoms with Gasteiger partial charge >= 0.3 is 0 Å². The van der Waals surface area contributed by atoms with E-state index in [1.165, 1.54) is 0 Å². The SMILES string of the molecule is CC1=CCN(C)O1. The first-order valence-corrected chi connectivity index (χ1v) is 2.35. The Hall–Kier alpha value is -0.500. The highest BCUT2D eigenvalue weighted by atomic mass is 16.7. The van der Waals surface area contributed by atoms with E-state index >= 15 is 0 Å². The minimum atomic E-state index is 0.922. The number of rotatable bonds is 0. The molecule has 1 aliphatic heterocycles. The molecule has 0 unspecified atom stereocenters. The van der Waals surface area contributed by atoms with E-state index in [-0.39, 0.29) is 0 Å². The van der Waals surface area contributed by atoms with Crippen LogP contribution < -0.4 is 0 Å². The molecule has 0 N–H and O–H groups in total. The zero-order valence-electron chi connectivity index (χ0n) is 4.64. The largest absolute Gasteiger partial charge is 0.411 e. The molecule has 7 heavy (non-hydrogen) atoms. The van der Waals surface area contributed by atoms with Crippen LogP contribution in [-0.2, 0) is 4.84 Å². The Balaban J connectivity index is 2.42. The van der Waals surface area contributed by atoms with Crippen LogP contribution in [0.4, 0.5) is 0 Å². The Morgan fingerprint density at radius 2 is 2.57 bits per heavy atom. The topological polar surface area (TPSA) is 12.5 Å². The van der Waals surface area contributed by atoms with E-state index in [4.69, 9.17) is 4.84 Å². The van der Waals surface area contributed by atoms with Gasteiger partial charge in [-0.15, -0.1) is 5.06 Å². The highest BCUT2D eigenvalue weighted by molar-refractivity contribution is 4.93. The van der Waals surface area contributed by atoms with Crippen molar-refractivity contribution < 1.29 is 4.84 Å². The van der Waals surface area contributed by atoms with E-state index in [1.54, 1.807) is 5.06 Å². The average molecular weight is 99.1 g/mol. The second kappa shape index (κ2) is 1.54. The molecule has 1 aliphatic rings. The van der Waals surface area contributed by atoms with Gasteiger partial charge in [-0.25, -0.2) is 0 Å². The molecule has 0 saturated carbocycles. The fourth-order valence-electron chi connectivity index (χ4n) is 0.577. The predicted octanol–water partition coefficient (Wildman–Crippen LogP) is 0.767. The minimum Gasteiger partial charge on any atom is -0.411 e. The second-order valence-corrected chi connectivity index (χ2v) is 1.72. The summed E-state index contributed by atoms with van der Waals surface area (Å²) in [6.45, 7) is 2.87. The van der Waals surface area contributed by atoms with Crippen molar-refractivity contribution in [2.24, 2.45) is 0 Å². The first-order valence-electron chi connectivity index (χ1n) is 2.35. The standard InChI is InChI=1S/C5H9NO/c1-5-3-4-6(2)7-5/h3H,4H2,1-2H3. The summed E-state index contributed by atoms with van der Waals surface area (Å²) in [5, 5.41) is 1.79. The van der Waals surface area contributed by atoms with E-state index in [0.29, 0.717) is 0 Å². The van der Waals surface area contributed by atoms with Crippen LogP contribution in [0.1, 0.15) is 6.92 Å². The van der Waals surface area contributed by atoms with Gasteiger partial charge in [-0.3, -0.25) is 0 Å². The third kappa shape index (κ3) is 0.933. The zero-order valence-corrected chi connectivity index (χ0v) is 4.64. The summed E-state index contributed by atoms with van der Waals surface area (Å²) in [6, 6.07) is 0. The summed E-state index contributed by atoms with van der Waals surface area (Å²) >= 11 is 0. The Labute approximate surface area is 43.3 Å². The highest BCUT2D eigenvalue weighted by Crippen LogP contribution is 2.05. The van der Waals surface area contributed by atoms with E-state index in [2.05, 4.69) is 0 Å². The lowest BCUT2D eigenvalue weighted by Gasteiger charge is -2.05. The van der Waals surface area contributed by atoms with Crippen molar-refractivity contribution in [1.29, 1.82) is 0 Å². The van der Waals surface area contributed by atoms with Gasteiger partial charge in [0, 0.05) is 7.05 Å². The maximum Gasteiger partial charge on any atom is 0.118 e. The molecule has 40 valence electrons. The third-order valence-electron chi connectivity index (χ3n) is 0.936. The number of hydrogen-bond acceptors (Lipinski definition) is 2. The minimum absolute atomic E-state index is 0.922. The van der Waals surface area contributed by atoms with Gasteiger partial charge in [-0.1, -0.05) is 0 Å². The summed E-state index contributed by atoms with van der Waals surface area (Å²) in [4.78, 5) is 5.06. The lowest BCUT2D eigenvalue weighted by Crippen LogP contribution is -2.10. The van der Waals surface area contributed by atoms with Gasteiger partial charge in [0.05, 0.1) is 6.54 Å². The smallest absolute Gasteiger partial charge is 0.118 e. The molecule has 0 bridgehead atoms. The average Bonchev–Trinajstić information content (AvgIpc) is 1.87. The van der Waals surface area contributed by atoms with Crippen molar-refractivity contribution in [1.82, 2.24) is 5.06 Å². The van der Waals surface area contributed by atoms with Crippen LogP contribution in [0.15, 0.2) is 11.8 Å².